The molecule has 0 bridgehead atoms. The van der Waals surface area contributed by atoms with Gasteiger partial charge in [-0.3, -0.25) is 9.59 Å². The maximum absolute atomic E-state index is 12.7. The van der Waals surface area contributed by atoms with E-state index in [0.29, 0.717) is 34.0 Å². The number of halogens is 2. The van der Waals surface area contributed by atoms with Crippen molar-refractivity contribution in [2.75, 3.05) is 13.1 Å². The molecule has 1 aliphatic heterocycles. The van der Waals surface area contributed by atoms with Crippen molar-refractivity contribution < 1.29 is 14.3 Å². The van der Waals surface area contributed by atoms with E-state index in [-0.39, 0.29) is 17.9 Å². The highest BCUT2D eigenvalue weighted by Gasteiger charge is 2.28. The molecule has 27 heavy (non-hydrogen) atoms. The molecule has 2 heterocycles. The zero-order valence-electron chi connectivity index (χ0n) is 14.9. The van der Waals surface area contributed by atoms with Gasteiger partial charge in [0.2, 0.25) is 0 Å². The second-order valence-corrected chi connectivity index (χ2v) is 7.78. The number of nitrogens with zero attached hydrogens (tertiary/aromatic N) is 1. The topological polar surface area (TPSA) is 74.4 Å². The van der Waals surface area contributed by atoms with E-state index in [1.54, 1.807) is 48.4 Å². The van der Waals surface area contributed by atoms with Gasteiger partial charge in [-0.05, 0) is 66.0 Å². The molecule has 1 aliphatic rings. The Morgan fingerprint density at radius 1 is 1.33 bits per heavy atom. The monoisotopic (exact) mass is 453 g/mol. The maximum Gasteiger partial charge on any atom is 0.267 e. The summed E-state index contributed by atoms with van der Waals surface area (Å²) in [5.41, 5.74) is 0.545. The van der Waals surface area contributed by atoms with E-state index in [2.05, 4.69) is 26.2 Å². The first kappa shape index (κ1) is 19.8. The summed E-state index contributed by atoms with van der Waals surface area (Å²) < 4.78 is 6.49. The number of carbonyl (C=O) groups excluding carboxylic acids is 2. The lowest BCUT2D eigenvalue weighted by Gasteiger charge is -2.33. The molecule has 0 spiro atoms. The highest BCUT2D eigenvalue weighted by Crippen LogP contribution is 2.29. The van der Waals surface area contributed by atoms with E-state index < -0.39 is 6.10 Å². The van der Waals surface area contributed by atoms with Gasteiger partial charge in [-0.1, -0.05) is 11.6 Å². The number of aromatic nitrogens is 1. The van der Waals surface area contributed by atoms with Crippen LogP contribution in [0.25, 0.3) is 0 Å². The minimum absolute atomic E-state index is 0.0616. The van der Waals surface area contributed by atoms with E-state index in [1.807, 2.05) is 0 Å². The Labute approximate surface area is 171 Å². The summed E-state index contributed by atoms with van der Waals surface area (Å²) in [7, 11) is 0. The SMILES string of the molecule is CC(Oc1ccc(Cl)cc1Br)C(=O)N1CCC(NC(=O)c2ccc[nH]2)CC1. The highest BCUT2D eigenvalue weighted by atomic mass is 79.9. The number of carbonyl (C=O) groups is 2. The Morgan fingerprint density at radius 2 is 2.07 bits per heavy atom. The molecule has 1 aromatic carbocycles. The predicted molar refractivity (Wildman–Crippen MR) is 107 cm³/mol. The van der Waals surface area contributed by atoms with Crippen LogP contribution in [0.2, 0.25) is 5.02 Å². The number of hydrogen-bond acceptors (Lipinski definition) is 3. The molecular weight excluding hydrogens is 434 g/mol. The summed E-state index contributed by atoms with van der Waals surface area (Å²) in [6, 6.07) is 8.77. The van der Waals surface area contributed by atoms with Gasteiger partial charge in [-0.25, -0.2) is 0 Å². The predicted octanol–water partition coefficient (Wildman–Crippen LogP) is 3.62. The normalized spacial score (nSPS) is 16.0. The third-order valence-corrected chi connectivity index (χ3v) is 5.38. The molecule has 2 N–H and O–H groups in total. The molecule has 0 radical (unpaired) electrons. The van der Waals surface area contributed by atoms with Crippen molar-refractivity contribution in [3.05, 3.63) is 51.7 Å². The second-order valence-electron chi connectivity index (χ2n) is 6.49. The quantitative estimate of drug-likeness (QED) is 0.725. The number of ether oxygens (including phenoxy) is 1. The van der Waals surface area contributed by atoms with E-state index in [4.69, 9.17) is 16.3 Å². The first-order chi connectivity index (χ1) is 12.9. The standard InChI is InChI=1S/C19H21BrClN3O3/c1-12(27-17-5-4-13(21)11-15(17)20)19(26)24-9-6-14(7-10-24)23-18(25)16-3-2-8-22-16/h2-5,8,11-12,14,22H,6-7,9-10H2,1H3,(H,23,25). The molecule has 2 aromatic rings. The summed E-state index contributed by atoms with van der Waals surface area (Å²) in [6.45, 7) is 2.91. The van der Waals surface area contributed by atoms with Gasteiger partial charge >= 0.3 is 0 Å². The first-order valence-electron chi connectivity index (χ1n) is 8.79. The van der Waals surface area contributed by atoms with Crippen molar-refractivity contribution in [3.63, 3.8) is 0 Å². The van der Waals surface area contributed by atoms with Crippen LogP contribution in [0.15, 0.2) is 41.0 Å². The second kappa shape index (κ2) is 8.80. The average Bonchev–Trinajstić information content (AvgIpc) is 3.19. The van der Waals surface area contributed by atoms with E-state index in [0.717, 1.165) is 12.8 Å². The van der Waals surface area contributed by atoms with E-state index >= 15 is 0 Å². The van der Waals surface area contributed by atoms with Gasteiger partial charge in [0, 0.05) is 30.4 Å². The minimum atomic E-state index is -0.604. The molecule has 6 nitrogen and oxygen atoms in total. The zero-order valence-corrected chi connectivity index (χ0v) is 17.2. The Kier molecular flexibility index (Phi) is 6.44. The summed E-state index contributed by atoms with van der Waals surface area (Å²) in [6.07, 6.45) is 2.55. The molecule has 2 amide bonds. The summed E-state index contributed by atoms with van der Waals surface area (Å²) in [4.78, 5) is 29.4. The number of amides is 2. The van der Waals surface area contributed by atoms with Crippen LogP contribution in [0.5, 0.6) is 5.75 Å². The van der Waals surface area contributed by atoms with Crippen molar-refractivity contribution in [2.45, 2.75) is 31.9 Å². The molecule has 0 aliphatic carbocycles. The van der Waals surface area contributed by atoms with Gasteiger partial charge in [0.15, 0.2) is 6.10 Å². The third-order valence-electron chi connectivity index (χ3n) is 4.53. The number of likely N-dealkylation sites (tertiary alicyclic amines) is 1. The Balaban J connectivity index is 1.49. The van der Waals surface area contributed by atoms with Crippen LogP contribution in [0.4, 0.5) is 0 Å². The van der Waals surface area contributed by atoms with Crippen molar-refractivity contribution in [2.24, 2.45) is 0 Å². The van der Waals surface area contributed by atoms with E-state index in [9.17, 15) is 9.59 Å². The molecule has 144 valence electrons. The summed E-state index contributed by atoms with van der Waals surface area (Å²) >= 11 is 9.32. The number of benzene rings is 1. The van der Waals surface area contributed by atoms with Crippen LogP contribution in [-0.2, 0) is 4.79 Å². The van der Waals surface area contributed by atoms with Crippen molar-refractivity contribution >= 4 is 39.3 Å². The zero-order chi connectivity index (χ0) is 19.4. The smallest absolute Gasteiger partial charge is 0.267 e. The van der Waals surface area contributed by atoms with Crippen LogP contribution in [0.3, 0.4) is 0 Å². The molecular formula is C19H21BrClN3O3. The molecule has 1 aromatic heterocycles. The Hall–Kier alpha value is -1.99. The highest BCUT2D eigenvalue weighted by molar-refractivity contribution is 9.10. The minimum Gasteiger partial charge on any atom is -0.480 e. The number of nitrogens with one attached hydrogen (secondary N) is 2. The summed E-state index contributed by atoms with van der Waals surface area (Å²) in [5.74, 6) is 0.397. The maximum atomic E-state index is 12.7. The first-order valence-corrected chi connectivity index (χ1v) is 9.96. The average molecular weight is 455 g/mol. The fraction of sp³-hybridized carbons (Fsp3) is 0.368. The van der Waals surface area contributed by atoms with Gasteiger partial charge in [-0.2, -0.15) is 0 Å². The van der Waals surface area contributed by atoms with Crippen molar-refractivity contribution in [1.29, 1.82) is 0 Å². The third kappa shape index (κ3) is 5.05. The Morgan fingerprint density at radius 3 is 2.70 bits per heavy atom. The molecule has 1 saturated heterocycles. The fourth-order valence-electron chi connectivity index (χ4n) is 3.05. The van der Waals surface area contributed by atoms with Crippen molar-refractivity contribution in [3.8, 4) is 5.75 Å². The van der Waals surface area contributed by atoms with Gasteiger partial charge in [0.1, 0.15) is 11.4 Å². The lowest BCUT2D eigenvalue weighted by molar-refractivity contribution is -0.139. The van der Waals surface area contributed by atoms with Gasteiger partial charge < -0.3 is 19.9 Å². The number of piperidine rings is 1. The van der Waals surface area contributed by atoms with Crippen LogP contribution >= 0.6 is 27.5 Å². The van der Waals surface area contributed by atoms with Crippen LogP contribution < -0.4 is 10.1 Å². The number of aromatic amines is 1. The van der Waals surface area contributed by atoms with Crippen LogP contribution in [0.1, 0.15) is 30.3 Å². The van der Waals surface area contributed by atoms with Crippen LogP contribution in [0, 0.1) is 0 Å². The molecule has 1 unspecified atom stereocenters. The number of hydrogen-bond donors (Lipinski definition) is 2. The number of rotatable bonds is 5. The fourth-order valence-corrected chi connectivity index (χ4v) is 3.82. The lowest BCUT2D eigenvalue weighted by atomic mass is 10.0. The van der Waals surface area contributed by atoms with E-state index in [1.165, 1.54) is 0 Å². The van der Waals surface area contributed by atoms with Gasteiger partial charge in [0.05, 0.1) is 4.47 Å². The molecule has 0 saturated carbocycles. The molecule has 1 fully saturated rings. The molecule has 1 atom stereocenters. The Bertz CT molecular complexity index is 805. The largest absolute Gasteiger partial charge is 0.480 e. The van der Waals surface area contributed by atoms with Gasteiger partial charge in [0.25, 0.3) is 11.8 Å². The van der Waals surface area contributed by atoms with Crippen molar-refractivity contribution in [1.82, 2.24) is 15.2 Å². The molecule has 3 rings (SSSR count). The molecule has 8 heteroatoms. The summed E-state index contributed by atoms with van der Waals surface area (Å²) in [5, 5.41) is 3.60. The number of H-pyrrole nitrogens is 1. The lowest BCUT2D eigenvalue weighted by Crippen LogP contribution is -2.49. The van der Waals surface area contributed by atoms with Gasteiger partial charge in [-0.15, -0.1) is 0 Å². The van der Waals surface area contributed by atoms with Crippen LogP contribution in [-0.4, -0.2) is 46.9 Å².